The lowest BCUT2D eigenvalue weighted by atomic mass is 10.0. The number of sulfonamides is 1. The fourth-order valence-corrected chi connectivity index (χ4v) is 3.78. The summed E-state index contributed by atoms with van der Waals surface area (Å²) >= 11 is 5.60. The summed E-state index contributed by atoms with van der Waals surface area (Å²) in [5, 5.41) is -0.219. The summed E-state index contributed by atoms with van der Waals surface area (Å²) in [6.45, 7) is 0.585. The Morgan fingerprint density at radius 3 is 2.47 bits per heavy atom. The van der Waals surface area contributed by atoms with E-state index in [1.54, 1.807) is 0 Å². The summed E-state index contributed by atoms with van der Waals surface area (Å²) in [5.41, 5.74) is 0. The van der Waals surface area contributed by atoms with E-state index >= 15 is 0 Å². The van der Waals surface area contributed by atoms with Crippen molar-refractivity contribution in [2.24, 2.45) is 5.92 Å². The summed E-state index contributed by atoms with van der Waals surface area (Å²) in [6.07, 6.45) is 1.88. The first-order chi connectivity index (χ1) is 8.95. The molecule has 1 fully saturated rings. The van der Waals surface area contributed by atoms with E-state index in [1.807, 2.05) is 0 Å². The van der Waals surface area contributed by atoms with E-state index in [4.69, 9.17) is 11.6 Å². The van der Waals surface area contributed by atoms with Crippen molar-refractivity contribution in [2.45, 2.75) is 17.7 Å². The van der Waals surface area contributed by atoms with Crippen molar-refractivity contribution in [1.29, 1.82) is 0 Å². The molecular formula is C12H13ClFNO3S. The molecule has 1 heterocycles. The van der Waals surface area contributed by atoms with Crippen molar-refractivity contribution in [3.8, 4) is 0 Å². The molecule has 0 aliphatic carbocycles. The number of rotatable bonds is 3. The maximum Gasteiger partial charge on any atom is 0.243 e. The van der Waals surface area contributed by atoms with Gasteiger partial charge in [0.05, 0.1) is 9.92 Å². The van der Waals surface area contributed by atoms with Gasteiger partial charge in [-0.25, -0.2) is 12.8 Å². The zero-order valence-corrected chi connectivity index (χ0v) is 11.6. The SMILES string of the molecule is O=CC1CCN(S(=O)(=O)c2ccc(F)c(Cl)c2)CC1. The highest BCUT2D eigenvalue weighted by Crippen LogP contribution is 2.25. The van der Waals surface area contributed by atoms with Gasteiger partial charge in [-0.2, -0.15) is 4.31 Å². The molecule has 0 unspecified atom stereocenters. The molecule has 1 aromatic carbocycles. The van der Waals surface area contributed by atoms with Crippen LogP contribution in [-0.4, -0.2) is 32.1 Å². The number of nitrogens with zero attached hydrogens (tertiary/aromatic N) is 1. The summed E-state index contributed by atoms with van der Waals surface area (Å²) < 4.78 is 39.0. The number of hydrogen-bond donors (Lipinski definition) is 0. The van der Waals surface area contributed by atoms with Crippen molar-refractivity contribution in [1.82, 2.24) is 4.31 Å². The van der Waals surface area contributed by atoms with E-state index in [1.165, 1.54) is 10.4 Å². The second-order valence-electron chi connectivity index (χ2n) is 4.45. The monoisotopic (exact) mass is 305 g/mol. The van der Waals surface area contributed by atoms with Gasteiger partial charge in [-0.05, 0) is 31.0 Å². The van der Waals surface area contributed by atoms with Crippen LogP contribution in [-0.2, 0) is 14.8 Å². The normalized spacial score (nSPS) is 18.4. The Morgan fingerprint density at radius 2 is 1.95 bits per heavy atom. The van der Waals surface area contributed by atoms with Gasteiger partial charge in [-0.1, -0.05) is 11.6 Å². The van der Waals surface area contributed by atoms with Crippen LogP contribution in [0.25, 0.3) is 0 Å². The van der Waals surface area contributed by atoms with E-state index in [0.29, 0.717) is 25.9 Å². The Balaban J connectivity index is 2.23. The molecule has 0 radical (unpaired) electrons. The van der Waals surface area contributed by atoms with Crippen LogP contribution >= 0.6 is 11.6 Å². The van der Waals surface area contributed by atoms with Gasteiger partial charge in [-0.15, -0.1) is 0 Å². The van der Waals surface area contributed by atoms with Gasteiger partial charge in [0.15, 0.2) is 0 Å². The Kier molecular flexibility index (Phi) is 4.23. The van der Waals surface area contributed by atoms with E-state index in [-0.39, 0.29) is 15.8 Å². The van der Waals surface area contributed by atoms with Gasteiger partial charge >= 0.3 is 0 Å². The van der Waals surface area contributed by atoms with Gasteiger partial charge in [0.25, 0.3) is 0 Å². The lowest BCUT2D eigenvalue weighted by molar-refractivity contribution is -0.112. The molecule has 0 atom stereocenters. The fourth-order valence-electron chi connectivity index (χ4n) is 2.04. The quantitative estimate of drug-likeness (QED) is 0.803. The molecule has 19 heavy (non-hydrogen) atoms. The minimum absolute atomic E-state index is 0.0246. The number of carbonyl (C=O) groups is 1. The number of carbonyl (C=O) groups excluding carboxylic acids is 1. The van der Waals surface area contributed by atoms with Crippen LogP contribution in [0.4, 0.5) is 4.39 Å². The average Bonchev–Trinajstić information content (AvgIpc) is 2.41. The Bertz CT molecular complexity index is 583. The number of piperidine rings is 1. The highest BCUT2D eigenvalue weighted by molar-refractivity contribution is 7.89. The van der Waals surface area contributed by atoms with Crippen molar-refractivity contribution in [3.63, 3.8) is 0 Å². The van der Waals surface area contributed by atoms with Gasteiger partial charge < -0.3 is 4.79 Å². The summed E-state index contributed by atoms with van der Waals surface area (Å²) in [5.74, 6) is -0.733. The van der Waals surface area contributed by atoms with Gasteiger partial charge in [0.1, 0.15) is 12.1 Å². The fraction of sp³-hybridized carbons (Fsp3) is 0.417. The smallest absolute Gasteiger partial charge is 0.243 e. The van der Waals surface area contributed by atoms with Crippen LogP contribution in [0.5, 0.6) is 0 Å². The number of aldehydes is 1. The van der Waals surface area contributed by atoms with Crippen molar-refractivity contribution >= 4 is 27.9 Å². The van der Waals surface area contributed by atoms with E-state index < -0.39 is 15.8 Å². The average molecular weight is 306 g/mol. The third kappa shape index (κ3) is 2.96. The Labute approximate surface area is 116 Å². The standard InChI is InChI=1S/C12H13ClFNO3S/c13-11-7-10(1-2-12(11)14)19(17,18)15-5-3-9(8-16)4-6-15/h1-2,7-9H,3-6H2. The first-order valence-electron chi connectivity index (χ1n) is 5.85. The molecule has 0 spiro atoms. The van der Waals surface area contributed by atoms with Gasteiger partial charge in [-0.3, -0.25) is 0 Å². The predicted octanol–water partition coefficient (Wildman–Crippen LogP) is 2.08. The second kappa shape index (κ2) is 5.56. The minimum atomic E-state index is -3.67. The minimum Gasteiger partial charge on any atom is -0.303 e. The molecule has 2 rings (SSSR count). The summed E-state index contributed by atoms with van der Waals surface area (Å²) in [6, 6.07) is 3.34. The third-order valence-electron chi connectivity index (χ3n) is 3.22. The van der Waals surface area contributed by atoms with Crippen LogP contribution in [0.15, 0.2) is 23.1 Å². The lowest BCUT2D eigenvalue weighted by Gasteiger charge is -2.28. The predicted molar refractivity (Wildman–Crippen MR) is 69.0 cm³/mol. The number of benzene rings is 1. The van der Waals surface area contributed by atoms with Crippen LogP contribution in [0.2, 0.25) is 5.02 Å². The maximum absolute atomic E-state index is 13.0. The van der Waals surface area contributed by atoms with Crippen LogP contribution in [0.3, 0.4) is 0 Å². The highest BCUT2D eigenvalue weighted by atomic mass is 35.5. The largest absolute Gasteiger partial charge is 0.303 e. The molecule has 0 amide bonds. The molecule has 1 aliphatic heterocycles. The molecule has 1 aromatic rings. The first-order valence-corrected chi connectivity index (χ1v) is 7.67. The van der Waals surface area contributed by atoms with Crippen molar-refractivity contribution in [2.75, 3.05) is 13.1 Å². The van der Waals surface area contributed by atoms with E-state index in [9.17, 15) is 17.6 Å². The maximum atomic E-state index is 13.0. The Hall–Kier alpha value is -0.980. The summed E-state index contributed by atoms with van der Waals surface area (Å²) in [4.78, 5) is 10.6. The van der Waals surface area contributed by atoms with Gasteiger partial charge in [0, 0.05) is 19.0 Å². The van der Waals surface area contributed by atoms with Crippen molar-refractivity contribution in [3.05, 3.63) is 29.0 Å². The summed E-state index contributed by atoms with van der Waals surface area (Å²) in [7, 11) is -3.67. The Morgan fingerprint density at radius 1 is 1.32 bits per heavy atom. The molecular weight excluding hydrogens is 293 g/mol. The van der Waals surface area contributed by atoms with Gasteiger partial charge in [0.2, 0.25) is 10.0 Å². The zero-order valence-electron chi connectivity index (χ0n) is 10.1. The number of hydrogen-bond acceptors (Lipinski definition) is 3. The number of halogens is 2. The van der Waals surface area contributed by atoms with E-state index in [0.717, 1.165) is 18.4 Å². The molecule has 4 nitrogen and oxygen atoms in total. The van der Waals surface area contributed by atoms with Crippen LogP contribution in [0, 0.1) is 11.7 Å². The molecule has 0 aromatic heterocycles. The molecule has 0 saturated carbocycles. The van der Waals surface area contributed by atoms with Crippen LogP contribution < -0.4 is 0 Å². The lowest BCUT2D eigenvalue weighted by Crippen LogP contribution is -2.38. The molecule has 0 bridgehead atoms. The third-order valence-corrected chi connectivity index (χ3v) is 5.40. The van der Waals surface area contributed by atoms with Crippen LogP contribution in [0.1, 0.15) is 12.8 Å². The molecule has 0 N–H and O–H groups in total. The van der Waals surface area contributed by atoms with E-state index in [2.05, 4.69) is 0 Å². The second-order valence-corrected chi connectivity index (χ2v) is 6.80. The molecule has 7 heteroatoms. The molecule has 1 aliphatic rings. The molecule has 1 saturated heterocycles. The highest BCUT2D eigenvalue weighted by Gasteiger charge is 2.29. The zero-order chi connectivity index (χ0) is 14.0. The molecule has 104 valence electrons. The van der Waals surface area contributed by atoms with Crippen molar-refractivity contribution < 1.29 is 17.6 Å². The topological polar surface area (TPSA) is 54.5 Å². The first kappa shape index (κ1) is 14.4.